The number of anilines is 2. The molecule has 10 nitrogen and oxygen atoms in total. The van der Waals surface area contributed by atoms with E-state index >= 15 is 4.39 Å². The Bertz CT molecular complexity index is 1280. The second-order valence-electron chi connectivity index (χ2n) is 9.77. The van der Waals surface area contributed by atoms with Crippen molar-refractivity contribution in [1.29, 1.82) is 0 Å². The normalized spacial score (nSPS) is 29.0. The molecule has 0 aromatic carbocycles. The standard InChI is InChI=1S/C22H23F4N7O3/c23-18-13(1-2-16(18)36-20(34)29-21-7-11(8-21)9-21)14-6-17(31-30-14)28-19-15-5-12(10-35-22(24,25)26)32-33(15)4-3-27-19/h3-6,11,13,16,18H,1-2,7-10H2,(H,29,34)(H2,27,28,30,31)/t11?,13-,16-,18-,21?/m0/s1. The third kappa shape index (κ3) is 4.33. The zero-order chi connectivity index (χ0) is 25.1. The lowest BCUT2D eigenvalue weighted by molar-refractivity contribution is -0.330. The van der Waals surface area contributed by atoms with Crippen molar-refractivity contribution in [2.24, 2.45) is 5.92 Å². The van der Waals surface area contributed by atoms with Gasteiger partial charge in [0, 0.05) is 35.6 Å². The summed E-state index contributed by atoms with van der Waals surface area (Å²) in [6.45, 7) is -0.737. The van der Waals surface area contributed by atoms with Crippen LogP contribution >= 0.6 is 0 Å². The molecule has 3 N–H and O–H groups in total. The molecule has 2 bridgehead atoms. The molecular weight excluding hydrogens is 486 g/mol. The van der Waals surface area contributed by atoms with E-state index in [0.717, 1.165) is 19.3 Å². The molecule has 0 unspecified atom stereocenters. The second-order valence-corrected chi connectivity index (χ2v) is 9.77. The van der Waals surface area contributed by atoms with Gasteiger partial charge in [0.25, 0.3) is 0 Å². The predicted molar refractivity (Wildman–Crippen MR) is 116 cm³/mol. The van der Waals surface area contributed by atoms with E-state index in [-0.39, 0.29) is 11.2 Å². The number of hydrogen-bond acceptors (Lipinski definition) is 7. The molecule has 192 valence electrons. The van der Waals surface area contributed by atoms with E-state index in [1.54, 1.807) is 6.07 Å². The van der Waals surface area contributed by atoms with Crippen LogP contribution in [0.3, 0.4) is 0 Å². The molecule has 7 rings (SSSR count). The number of ether oxygens (including phenoxy) is 2. The molecule has 4 fully saturated rings. The number of H-pyrrole nitrogens is 1. The van der Waals surface area contributed by atoms with Gasteiger partial charge in [0.15, 0.2) is 11.6 Å². The van der Waals surface area contributed by atoms with Crippen LogP contribution in [0.1, 0.15) is 49.4 Å². The van der Waals surface area contributed by atoms with Crippen LogP contribution in [0.15, 0.2) is 24.5 Å². The van der Waals surface area contributed by atoms with E-state index in [4.69, 9.17) is 4.74 Å². The van der Waals surface area contributed by atoms with Gasteiger partial charge in [0.05, 0.1) is 5.69 Å². The van der Waals surface area contributed by atoms with Crippen LogP contribution < -0.4 is 10.6 Å². The number of halogens is 4. The number of aromatic nitrogens is 5. The Kier molecular flexibility index (Phi) is 5.32. The SMILES string of the molecule is O=C(NC12CC(C1)C2)O[C@H]1CC[C@@H](c2cc(Nc3nccn4nc(COC(F)(F)F)cc34)n[nH]2)[C@@H]1F. The Morgan fingerprint density at radius 3 is 2.78 bits per heavy atom. The molecule has 14 heteroatoms. The number of fused-ring (bicyclic) bond motifs is 1. The number of hydrogen-bond donors (Lipinski definition) is 3. The van der Waals surface area contributed by atoms with E-state index in [1.165, 1.54) is 23.0 Å². The molecule has 0 saturated heterocycles. The summed E-state index contributed by atoms with van der Waals surface area (Å²) in [4.78, 5) is 16.4. The maximum absolute atomic E-state index is 15.2. The molecule has 1 amide bonds. The number of alkyl carbamates (subject to hydrolysis) is 1. The van der Waals surface area contributed by atoms with E-state index in [1.807, 2.05) is 0 Å². The first-order valence-electron chi connectivity index (χ1n) is 11.7. The van der Waals surface area contributed by atoms with Crippen molar-refractivity contribution in [3.8, 4) is 0 Å². The number of amides is 1. The van der Waals surface area contributed by atoms with Gasteiger partial charge in [0.1, 0.15) is 24.4 Å². The summed E-state index contributed by atoms with van der Waals surface area (Å²) in [6.07, 6.45) is -0.820. The van der Waals surface area contributed by atoms with Crippen molar-refractivity contribution in [3.05, 3.63) is 35.9 Å². The smallest absolute Gasteiger partial charge is 0.443 e. The van der Waals surface area contributed by atoms with Gasteiger partial charge >= 0.3 is 12.5 Å². The monoisotopic (exact) mass is 509 g/mol. The van der Waals surface area contributed by atoms with Crippen LogP contribution in [0.25, 0.3) is 5.52 Å². The summed E-state index contributed by atoms with van der Waals surface area (Å²) >= 11 is 0. The van der Waals surface area contributed by atoms with Crippen molar-refractivity contribution in [2.45, 2.75) is 68.8 Å². The van der Waals surface area contributed by atoms with Crippen molar-refractivity contribution < 1.29 is 31.8 Å². The minimum atomic E-state index is -4.76. The van der Waals surface area contributed by atoms with Crippen LogP contribution in [-0.4, -0.2) is 55.1 Å². The van der Waals surface area contributed by atoms with Gasteiger partial charge in [-0.2, -0.15) is 10.2 Å². The number of carbonyl (C=O) groups excluding carboxylic acids is 1. The largest absolute Gasteiger partial charge is 0.522 e. The molecule has 3 aromatic heterocycles. The van der Waals surface area contributed by atoms with Gasteiger partial charge < -0.3 is 15.4 Å². The summed E-state index contributed by atoms with van der Waals surface area (Å²) in [5.74, 6) is 0.833. The van der Waals surface area contributed by atoms with Crippen LogP contribution in [0.4, 0.5) is 34.0 Å². The second kappa shape index (κ2) is 8.32. The number of carbonyl (C=O) groups is 1. The Morgan fingerprint density at radius 1 is 1.25 bits per heavy atom. The lowest BCUT2D eigenvalue weighted by atomic mass is 9.50. The maximum atomic E-state index is 15.2. The summed E-state index contributed by atoms with van der Waals surface area (Å²) in [5, 5.41) is 16.9. The molecule has 0 aliphatic heterocycles. The van der Waals surface area contributed by atoms with E-state index in [9.17, 15) is 18.0 Å². The van der Waals surface area contributed by atoms with Gasteiger partial charge in [-0.25, -0.2) is 18.7 Å². The summed E-state index contributed by atoms with van der Waals surface area (Å²) < 4.78 is 62.8. The zero-order valence-corrected chi connectivity index (χ0v) is 18.9. The minimum absolute atomic E-state index is 0.0708. The molecule has 0 spiro atoms. The number of nitrogens with one attached hydrogen (secondary N) is 3. The Morgan fingerprint density at radius 2 is 2.06 bits per heavy atom. The molecule has 4 aliphatic rings. The fourth-order valence-corrected chi connectivity index (χ4v) is 5.39. The Labute approximate surface area is 201 Å². The molecule has 0 radical (unpaired) electrons. The lowest BCUT2D eigenvalue weighted by Crippen LogP contribution is -2.68. The average molecular weight is 509 g/mol. The zero-order valence-electron chi connectivity index (χ0n) is 18.9. The summed E-state index contributed by atoms with van der Waals surface area (Å²) in [7, 11) is 0. The van der Waals surface area contributed by atoms with Gasteiger partial charge in [-0.1, -0.05) is 0 Å². The number of aromatic amines is 1. The number of rotatable bonds is 7. The molecule has 3 heterocycles. The van der Waals surface area contributed by atoms with Gasteiger partial charge in [-0.05, 0) is 44.1 Å². The van der Waals surface area contributed by atoms with Crippen LogP contribution in [0.5, 0.6) is 0 Å². The highest BCUT2D eigenvalue weighted by atomic mass is 19.4. The van der Waals surface area contributed by atoms with Crippen LogP contribution in [0, 0.1) is 5.92 Å². The molecule has 36 heavy (non-hydrogen) atoms. The van der Waals surface area contributed by atoms with Gasteiger partial charge in [-0.15, -0.1) is 13.2 Å². The van der Waals surface area contributed by atoms with Gasteiger partial charge in [-0.3, -0.25) is 9.84 Å². The highest BCUT2D eigenvalue weighted by Crippen LogP contribution is 2.57. The van der Waals surface area contributed by atoms with Crippen molar-refractivity contribution in [1.82, 2.24) is 30.1 Å². The van der Waals surface area contributed by atoms with Gasteiger partial charge in [0.2, 0.25) is 0 Å². The average Bonchev–Trinajstić information content (AvgIpc) is 3.48. The van der Waals surface area contributed by atoms with Crippen LogP contribution in [-0.2, 0) is 16.1 Å². The fraction of sp³-hybridized carbons (Fsp3) is 0.545. The highest BCUT2D eigenvalue weighted by molar-refractivity contribution is 5.72. The summed E-state index contributed by atoms with van der Waals surface area (Å²) in [5.41, 5.74) is 0.890. The quantitative estimate of drug-likeness (QED) is 0.411. The predicted octanol–water partition coefficient (Wildman–Crippen LogP) is 4.10. The third-order valence-electron chi connectivity index (χ3n) is 7.23. The topological polar surface area (TPSA) is 118 Å². The number of nitrogens with zero attached hydrogens (tertiary/aromatic N) is 4. The number of alkyl halides is 4. The van der Waals surface area contributed by atoms with Crippen molar-refractivity contribution in [3.63, 3.8) is 0 Å². The van der Waals surface area contributed by atoms with Crippen LogP contribution in [0.2, 0.25) is 0 Å². The van der Waals surface area contributed by atoms with E-state index in [2.05, 4.69) is 35.7 Å². The molecular formula is C22H23F4N7O3. The molecule has 3 atom stereocenters. The van der Waals surface area contributed by atoms with Crippen molar-refractivity contribution >= 4 is 23.2 Å². The third-order valence-corrected chi connectivity index (χ3v) is 7.23. The first-order chi connectivity index (χ1) is 17.2. The molecule has 4 aliphatic carbocycles. The Balaban J connectivity index is 1.09. The first-order valence-corrected chi connectivity index (χ1v) is 11.7. The summed E-state index contributed by atoms with van der Waals surface area (Å²) in [6, 6.07) is 3.06. The minimum Gasteiger partial charge on any atom is -0.443 e. The maximum Gasteiger partial charge on any atom is 0.522 e. The van der Waals surface area contributed by atoms with E-state index < -0.39 is 37.3 Å². The fourth-order valence-electron chi connectivity index (χ4n) is 5.39. The molecule has 3 aromatic rings. The molecule has 4 saturated carbocycles. The first kappa shape index (κ1) is 23.0. The Hall–Kier alpha value is -3.42. The highest BCUT2D eigenvalue weighted by Gasteiger charge is 2.58. The van der Waals surface area contributed by atoms with Crippen molar-refractivity contribution in [2.75, 3.05) is 5.32 Å². The van der Waals surface area contributed by atoms with E-state index in [0.29, 0.717) is 41.6 Å². The lowest BCUT2D eigenvalue weighted by Gasteiger charge is -2.61.